The Kier molecular flexibility index (Phi) is 12.6. The van der Waals surface area contributed by atoms with Crippen LogP contribution in [0, 0.1) is 0 Å². The number of halogens is 1. The lowest BCUT2D eigenvalue weighted by atomic mass is 10.2. The van der Waals surface area contributed by atoms with Gasteiger partial charge in [-0.3, -0.25) is 0 Å². The van der Waals surface area contributed by atoms with Crippen LogP contribution in [0.3, 0.4) is 0 Å². The molecule has 0 aliphatic rings. The maximum Gasteiger partial charge on any atom is 0.341 e. The second-order valence-corrected chi connectivity index (χ2v) is 4.82. The molecule has 0 bridgehead atoms. The lowest BCUT2D eigenvalue weighted by Crippen LogP contribution is -2.16. The van der Waals surface area contributed by atoms with Crippen molar-refractivity contribution in [2.45, 2.75) is 32.7 Å². The summed E-state index contributed by atoms with van der Waals surface area (Å²) >= 11 is 0. The standard InChI is InChI=1S/C16H25NO4.ClH/c1-2-3-10-20-11-4-9-17-12-14-5-7-15(8-6-14)21-13-16(18)19;/h5-8,17H,2-4,9-13H2,1H3,(H,18,19);1H. The van der Waals surface area contributed by atoms with Crippen LogP contribution in [0.5, 0.6) is 5.75 Å². The third-order valence-corrected chi connectivity index (χ3v) is 2.90. The van der Waals surface area contributed by atoms with Gasteiger partial charge in [-0.1, -0.05) is 25.5 Å². The van der Waals surface area contributed by atoms with Crippen LogP contribution < -0.4 is 10.1 Å². The molecule has 0 aromatic heterocycles. The fourth-order valence-electron chi connectivity index (χ4n) is 1.73. The van der Waals surface area contributed by atoms with E-state index in [0.717, 1.165) is 44.7 Å². The largest absolute Gasteiger partial charge is 0.482 e. The number of nitrogens with one attached hydrogen (secondary N) is 1. The topological polar surface area (TPSA) is 67.8 Å². The second kappa shape index (κ2) is 13.4. The van der Waals surface area contributed by atoms with E-state index in [9.17, 15) is 4.79 Å². The van der Waals surface area contributed by atoms with E-state index in [1.54, 1.807) is 12.1 Å². The number of carboxylic acid groups (broad SMARTS) is 1. The molecule has 0 saturated carbocycles. The molecule has 0 unspecified atom stereocenters. The van der Waals surface area contributed by atoms with Gasteiger partial charge in [0.05, 0.1) is 0 Å². The third-order valence-electron chi connectivity index (χ3n) is 2.90. The summed E-state index contributed by atoms with van der Waals surface area (Å²) in [5, 5.41) is 11.9. The van der Waals surface area contributed by atoms with Crippen LogP contribution >= 0.6 is 12.4 Å². The van der Waals surface area contributed by atoms with E-state index in [0.29, 0.717) is 5.75 Å². The highest BCUT2D eigenvalue weighted by Gasteiger charge is 1.99. The van der Waals surface area contributed by atoms with Gasteiger partial charge >= 0.3 is 5.97 Å². The fraction of sp³-hybridized carbons (Fsp3) is 0.562. The summed E-state index contributed by atoms with van der Waals surface area (Å²) in [6.45, 7) is 5.21. The summed E-state index contributed by atoms with van der Waals surface area (Å²) in [4.78, 5) is 10.4. The first kappa shape index (κ1) is 20.7. The molecular weight excluding hydrogens is 306 g/mol. The molecule has 0 radical (unpaired) electrons. The van der Waals surface area contributed by atoms with Crippen molar-refractivity contribution in [3.8, 4) is 5.75 Å². The highest BCUT2D eigenvalue weighted by Crippen LogP contribution is 2.11. The van der Waals surface area contributed by atoms with Gasteiger partial charge in [-0.25, -0.2) is 4.79 Å². The molecule has 0 aliphatic heterocycles. The maximum atomic E-state index is 10.4. The molecule has 0 aliphatic carbocycles. The molecule has 0 heterocycles. The number of ether oxygens (including phenoxy) is 2. The molecule has 0 amide bonds. The smallest absolute Gasteiger partial charge is 0.341 e. The Morgan fingerprint density at radius 3 is 2.50 bits per heavy atom. The molecule has 1 aromatic rings. The minimum Gasteiger partial charge on any atom is -0.482 e. The lowest BCUT2D eigenvalue weighted by Gasteiger charge is -2.07. The average molecular weight is 332 g/mol. The van der Waals surface area contributed by atoms with E-state index in [-0.39, 0.29) is 19.0 Å². The predicted molar refractivity (Wildman–Crippen MR) is 88.9 cm³/mol. The highest BCUT2D eigenvalue weighted by atomic mass is 35.5. The quantitative estimate of drug-likeness (QED) is 0.576. The van der Waals surface area contributed by atoms with Crippen molar-refractivity contribution in [1.82, 2.24) is 5.32 Å². The van der Waals surface area contributed by atoms with E-state index in [4.69, 9.17) is 14.6 Å². The van der Waals surface area contributed by atoms with Crippen LogP contribution in [0.15, 0.2) is 24.3 Å². The van der Waals surface area contributed by atoms with Crippen LogP contribution in [-0.2, 0) is 16.1 Å². The van der Waals surface area contributed by atoms with E-state index in [2.05, 4.69) is 12.2 Å². The lowest BCUT2D eigenvalue weighted by molar-refractivity contribution is -0.139. The summed E-state index contributed by atoms with van der Waals surface area (Å²) in [5.41, 5.74) is 1.14. The number of carbonyl (C=O) groups is 1. The molecule has 0 saturated heterocycles. The number of hydrogen-bond donors (Lipinski definition) is 2. The van der Waals surface area contributed by atoms with Gasteiger partial charge in [0.2, 0.25) is 0 Å². The molecule has 1 aromatic carbocycles. The zero-order chi connectivity index (χ0) is 15.3. The van der Waals surface area contributed by atoms with Crippen molar-refractivity contribution in [1.29, 1.82) is 0 Å². The molecule has 6 heteroatoms. The molecule has 0 spiro atoms. The van der Waals surface area contributed by atoms with Crippen LogP contribution in [0.25, 0.3) is 0 Å². The van der Waals surface area contributed by atoms with Gasteiger partial charge < -0.3 is 19.9 Å². The summed E-state index contributed by atoms with van der Waals surface area (Å²) in [6.07, 6.45) is 3.30. The second-order valence-electron chi connectivity index (χ2n) is 4.82. The Morgan fingerprint density at radius 1 is 1.18 bits per heavy atom. The summed E-state index contributed by atoms with van der Waals surface area (Å²) in [5.74, 6) is -0.396. The SMILES string of the molecule is CCCCOCCCNCc1ccc(OCC(=O)O)cc1.Cl. The first-order valence-corrected chi connectivity index (χ1v) is 7.44. The number of rotatable bonds is 12. The average Bonchev–Trinajstić information content (AvgIpc) is 2.49. The zero-order valence-corrected chi connectivity index (χ0v) is 13.9. The van der Waals surface area contributed by atoms with Gasteiger partial charge in [0.1, 0.15) is 5.75 Å². The van der Waals surface area contributed by atoms with Gasteiger partial charge in [-0.05, 0) is 37.1 Å². The molecule has 0 atom stereocenters. The number of unbranched alkanes of at least 4 members (excludes halogenated alkanes) is 1. The number of hydrogen-bond acceptors (Lipinski definition) is 4. The van der Waals surface area contributed by atoms with Crippen molar-refractivity contribution in [2.24, 2.45) is 0 Å². The monoisotopic (exact) mass is 331 g/mol. The molecular formula is C16H26ClNO4. The van der Waals surface area contributed by atoms with E-state index < -0.39 is 5.97 Å². The molecule has 5 nitrogen and oxygen atoms in total. The maximum absolute atomic E-state index is 10.4. The first-order chi connectivity index (χ1) is 10.2. The Morgan fingerprint density at radius 2 is 1.86 bits per heavy atom. The minimum absolute atomic E-state index is 0. The minimum atomic E-state index is -0.970. The van der Waals surface area contributed by atoms with Crippen molar-refractivity contribution in [3.05, 3.63) is 29.8 Å². The van der Waals surface area contributed by atoms with Gasteiger partial charge in [0.25, 0.3) is 0 Å². The Balaban J connectivity index is 0.00000441. The first-order valence-electron chi connectivity index (χ1n) is 7.44. The molecule has 2 N–H and O–H groups in total. The Hall–Kier alpha value is -1.30. The predicted octanol–water partition coefficient (Wildman–Crippen LogP) is 2.87. The van der Waals surface area contributed by atoms with Crippen molar-refractivity contribution < 1.29 is 19.4 Å². The summed E-state index contributed by atoms with van der Waals surface area (Å²) in [7, 11) is 0. The van der Waals surface area contributed by atoms with Gasteiger partial charge in [0.15, 0.2) is 6.61 Å². The van der Waals surface area contributed by atoms with Gasteiger partial charge in [0, 0.05) is 19.8 Å². The van der Waals surface area contributed by atoms with Crippen molar-refractivity contribution in [2.75, 3.05) is 26.4 Å². The number of benzene rings is 1. The molecule has 126 valence electrons. The van der Waals surface area contributed by atoms with E-state index in [1.165, 1.54) is 6.42 Å². The molecule has 0 fully saturated rings. The fourth-order valence-corrected chi connectivity index (χ4v) is 1.73. The Bertz CT molecular complexity index is 398. The highest BCUT2D eigenvalue weighted by molar-refractivity contribution is 5.85. The van der Waals surface area contributed by atoms with Crippen LogP contribution in [0.4, 0.5) is 0 Å². The summed E-state index contributed by atoms with van der Waals surface area (Å²) in [6, 6.07) is 7.44. The van der Waals surface area contributed by atoms with Crippen LogP contribution in [0.2, 0.25) is 0 Å². The van der Waals surface area contributed by atoms with E-state index >= 15 is 0 Å². The molecule has 1 rings (SSSR count). The van der Waals surface area contributed by atoms with Gasteiger partial charge in [-0.2, -0.15) is 0 Å². The van der Waals surface area contributed by atoms with Crippen LogP contribution in [0.1, 0.15) is 31.7 Å². The Labute approximate surface area is 138 Å². The van der Waals surface area contributed by atoms with E-state index in [1.807, 2.05) is 12.1 Å². The number of aliphatic carboxylic acids is 1. The molecule has 22 heavy (non-hydrogen) atoms. The summed E-state index contributed by atoms with van der Waals surface area (Å²) < 4.78 is 10.6. The zero-order valence-electron chi connectivity index (χ0n) is 13.0. The normalized spacial score (nSPS) is 10.0. The van der Waals surface area contributed by atoms with Gasteiger partial charge in [-0.15, -0.1) is 12.4 Å². The number of carboxylic acids is 1. The van der Waals surface area contributed by atoms with Crippen molar-refractivity contribution in [3.63, 3.8) is 0 Å². The van der Waals surface area contributed by atoms with Crippen LogP contribution in [-0.4, -0.2) is 37.4 Å². The van der Waals surface area contributed by atoms with Crippen molar-refractivity contribution >= 4 is 18.4 Å². The third kappa shape index (κ3) is 10.4.